The SMILES string of the molecule is O=c1ccn(CCNS(=O)(=O)c2ccccc2)c(=O)[nH]1. The molecule has 2 N–H and O–H groups in total. The molecule has 8 heteroatoms. The Morgan fingerprint density at radius 3 is 2.45 bits per heavy atom. The van der Waals surface area contributed by atoms with E-state index >= 15 is 0 Å². The second kappa shape index (κ2) is 5.85. The minimum atomic E-state index is -3.59. The van der Waals surface area contributed by atoms with Gasteiger partial charge in [-0.3, -0.25) is 14.3 Å². The van der Waals surface area contributed by atoms with E-state index in [-0.39, 0.29) is 18.0 Å². The number of rotatable bonds is 5. The zero-order chi connectivity index (χ0) is 14.6. The third-order valence-corrected chi connectivity index (χ3v) is 4.07. The fourth-order valence-corrected chi connectivity index (χ4v) is 2.65. The van der Waals surface area contributed by atoms with Crippen molar-refractivity contribution in [2.24, 2.45) is 0 Å². The lowest BCUT2D eigenvalue weighted by molar-refractivity contribution is 0.567. The summed E-state index contributed by atoms with van der Waals surface area (Å²) in [6.45, 7) is 0.171. The predicted molar refractivity (Wildman–Crippen MR) is 73.0 cm³/mol. The van der Waals surface area contributed by atoms with Gasteiger partial charge in [0.15, 0.2) is 0 Å². The maximum Gasteiger partial charge on any atom is 0.328 e. The summed E-state index contributed by atoms with van der Waals surface area (Å²) in [5.41, 5.74) is -1.06. The first-order chi connectivity index (χ1) is 9.49. The van der Waals surface area contributed by atoms with Crippen molar-refractivity contribution in [2.75, 3.05) is 6.54 Å². The molecule has 2 rings (SSSR count). The molecule has 0 atom stereocenters. The fourth-order valence-electron chi connectivity index (χ4n) is 1.60. The predicted octanol–water partition coefficient (Wildman–Crippen LogP) is -0.485. The molecule has 0 aliphatic heterocycles. The first-order valence-electron chi connectivity index (χ1n) is 5.83. The Hall–Kier alpha value is -2.19. The van der Waals surface area contributed by atoms with E-state index in [2.05, 4.69) is 9.71 Å². The van der Waals surface area contributed by atoms with E-state index in [0.717, 1.165) is 0 Å². The molecule has 0 saturated heterocycles. The lowest BCUT2D eigenvalue weighted by Crippen LogP contribution is -2.33. The Bertz CT molecular complexity index is 793. The van der Waals surface area contributed by atoms with Crippen LogP contribution in [0.5, 0.6) is 0 Å². The lowest BCUT2D eigenvalue weighted by Gasteiger charge is -2.07. The molecule has 7 nitrogen and oxygen atoms in total. The number of aromatic nitrogens is 2. The van der Waals surface area contributed by atoms with Gasteiger partial charge in [0.05, 0.1) is 4.90 Å². The number of aromatic amines is 1. The molecule has 2 aromatic rings. The number of sulfonamides is 1. The van der Waals surface area contributed by atoms with Crippen LogP contribution in [0.1, 0.15) is 0 Å². The van der Waals surface area contributed by atoms with E-state index in [1.807, 2.05) is 0 Å². The molecular formula is C12H13N3O4S. The number of hydrogen-bond donors (Lipinski definition) is 2. The van der Waals surface area contributed by atoms with E-state index in [1.165, 1.54) is 29.0 Å². The molecule has 0 unspecified atom stereocenters. The van der Waals surface area contributed by atoms with Gasteiger partial charge in [0.25, 0.3) is 5.56 Å². The van der Waals surface area contributed by atoms with Crippen molar-refractivity contribution in [1.82, 2.24) is 14.3 Å². The smallest absolute Gasteiger partial charge is 0.299 e. The van der Waals surface area contributed by atoms with Gasteiger partial charge in [0, 0.05) is 25.4 Å². The Balaban J connectivity index is 2.03. The van der Waals surface area contributed by atoms with Gasteiger partial charge >= 0.3 is 5.69 Å². The molecular weight excluding hydrogens is 282 g/mol. The molecule has 0 spiro atoms. The van der Waals surface area contributed by atoms with Crippen molar-refractivity contribution in [1.29, 1.82) is 0 Å². The fraction of sp³-hybridized carbons (Fsp3) is 0.167. The molecule has 0 saturated carbocycles. The topological polar surface area (TPSA) is 101 Å². The van der Waals surface area contributed by atoms with Gasteiger partial charge in [-0.15, -0.1) is 0 Å². The van der Waals surface area contributed by atoms with Crippen molar-refractivity contribution in [3.63, 3.8) is 0 Å². The Morgan fingerprint density at radius 1 is 1.10 bits per heavy atom. The third kappa shape index (κ3) is 3.43. The molecule has 20 heavy (non-hydrogen) atoms. The summed E-state index contributed by atoms with van der Waals surface area (Å²) >= 11 is 0. The second-order valence-electron chi connectivity index (χ2n) is 4.01. The summed E-state index contributed by atoms with van der Waals surface area (Å²) < 4.78 is 27.4. The number of hydrogen-bond acceptors (Lipinski definition) is 4. The van der Waals surface area contributed by atoms with Gasteiger partial charge in [-0.25, -0.2) is 17.9 Å². The highest BCUT2D eigenvalue weighted by molar-refractivity contribution is 7.89. The maximum absolute atomic E-state index is 11.9. The van der Waals surface area contributed by atoms with E-state index in [4.69, 9.17) is 0 Å². The zero-order valence-electron chi connectivity index (χ0n) is 10.4. The Kier molecular flexibility index (Phi) is 4.16. The van der Waals surface area contributed by atoms with Crippen LogP contribution in [-0.2, 0) is 16.6 Å². The highest BCUT2D eigenvalue weighted by Gasteiger charge is 2.12. The van der Waals surface area contributed by atoms with Crippen LogP contribution in [-0.4, -0.2) is 24.5 Å². The maximum atomic E-state index is 11.9. The number of nitrogens with zero attached hydrogens (tertiary/aromatic N) is 1. The van der Waals surface area contributed by atoms with Crippen LogP contribution < -0.4 is 16.0 Å². The normalized spacial score (nSPS) is 11.4. The molecule has 0 fully saturated rings. The molecule has 1 aromatic heterocycles. The van der Waals surface area contributed by atoms with Crippen LogP contribution in [0.2, 0.25) is 0 Å². The summed E-state index contributed by atoms with van der Waals surface area (Å²) in [5.74, 6) is 0. The van der Waals surface area contributed by atoms with Crippen molar-refractivity contribution in [3.05, 3.63) is 63.4 Å². The molecule has 1 aromatic carbocycles. The van der Waals surface area contributed by atoms with E-state index < -0.39 is 21.3 Å². The summed E-state index contributed by atoms with van der Waals surface area (Å²) in [6.07, 6.45) is 1.32. The molecule has 1 heterocycles. The standard InChI is InChI=1S/C12H13N3O4S/c16-11-6-8-15(12(17)14-11)9-7-13-20(18,19)10-4-2-1-3-5-10/h1-6,8,13H,7,9H2,(H,14,16,17). The van der Waals surface area contributed by atoms with Crippen molar-refractivity contribution in [2.45, 2.75) is 11.4 Å². The van der Waals surface area contributed by atoms with Crippen LogP contribution in [0.25, 0.3) is 0 Å². The minimum Gasteiger partial charge on any atom is -0.299 e. The quantitative estimate of drug-likeness (QED) is 0.777. The lowest BCUT2D eigenvalue weighted by atomic mass is 10.4. The van der Waals surface area contributed by atoms with Crippen molar-refractivity contribution >= 4 is 10.0 Å². The number of nitrogens with one attached hydrogen (secondary N) is 2. The monoisotopic (exact) mass is 295 g/mol. The largest absolute Gasteiger partial charge is 0.328 e. The Morgan fingerprint density at radius 2 is 1.80 bits per heavy atom. The average molecular weight is 295 g/mol. The van der Waals surface area contributed by atoms with Gasteiger partial charge in [0.2, 0.25) is 10.0 Å². The zero-order valence-corrected chi connectivity index (χ0v) is 11.3. The second-order valence-corrected chi connectivity index (χ2v) is 5.78. The first kappa shape index (κ1) is 14.2. The van der Waals surface area contributed by atoms with Gasteiger partial charge in [-0.2, -0.15) is 0 Å². The van der Waals surface area contributed by atoms with E-state index in [0.29, 0.717) is 0 Å². The van der Waals surface area contributed by atoms with Crippen LogP contribution in [0, 0.1) is 0 Å². The van der Waals surface area contributed by atoms with E-state index in [1.54, 1.807) is 18.2 Å². The molecule has 0 radical (unpaired) electrons. The van der Waals surface area contributed by atoms with Crippen LogP contribution >= 0.6 is 0 Å². The van der Waals surface area contributed by atoms with Gasteiger partial charge in [-0.1, -0.05) is 18.2 Å². The first-order valence-corrected chi connectivity index (χ1v) is 7.32. The van der Waals surface area contributed by atoms with Crippen molar-refractivity contribution < 1.29 is 8.42 Å². The average Bonchev–Trinajstić information content (AvgIpc) is 2.42. The molecule has 0 amide bonds. The summed E-state index contributed by atoms with van der Waals surface area (Å²) in [5, 5.41) is 0. The van der Waals surface area contributed by atoms with Crippen LogP contribution in [0.4, 0.5) is 0 Å². The number of benzene rings is 1. The van der Waals surface area contributed by atoms with Crippen molar-refractivity contribution in [3.8, 4) is 0 Å². The van der Waals surface area contributed by atoms with Crippen LogP contribution in [0.3, 0.4) is 0 Å². The van der Waals surface area contributed by atoms with Crippen LogP contribution in [0.15, 0.2) is 57.1 Å². The number of H-pyrrole nitrogens is 1. The highest BCUT2D eigenvalue weighted by atomic mass is 32.2. The van der Waals surface area contributed by atoms with Gasteiger partial charge in [0.1, 0.15) is 0 Å². The molecule has 0 aliphatic carbocycles. The molecule has 106 valence electrons. The van der Waals surface area contributed by atoms with E-state index in [9.17, 15) is 18.0 Å². The summed E-state index contributed by atoms with van der Waals surface area (Å²) in [4.78, 5) is 24.5. The summed E-state index contributed by atoms with van der Waals surface area (Å²) in [6, 6.07) is 9.14. The van der Waals surface area contributed by atoms with Gasteiger partial charge < -0.3 is 0 Å². The summed E-state index contributed by atoms with van der Waals surface area (Å²) in [7, 11) is -3.59. The highest BCUT2D eigenvalue weighted by Crippen LogP contribution is 2.06. The Labute approximate surface area is 115 Å². The molecule has 0 bridgehead atoms. The third-order valence-electron chi connectivity index (χ3n) is 2.60. The van der Waals surface area contributed by atoms with Gasteiger partial charge in [-0.05, 0) is 12.1 Å². The minimum absolute atomic E-state index is 0.0448. The molecule has 0 aliphatic rings.